The lowest BCUT2D eigenvalue weighted by Gasteiger charge is -2.25. The van der Waals surface area contributed by atoms with E-state index < -0.39 is 6.04 Å². The van der Waals surface area contributed by atoms with Crippen molar-refractivity contribution in [3.8, 4) is 5.75 Å². The lowest BCUT2D eigenvalue weighted by atomic mass is 9.97. The molecule has 31 heavy (non-hydrogen) atoms. The standard InChI is InChI=1S/C25H18BrNO4/c1-13-11-19-20(12-14(13)2)31-24-21(23(19)29)22(15-3-9-18(28)10-4-15)27(25(24)30)17-7-5-16(26)6-8-17/h3-12,22,28H,1-2H3. The largest absolute Gasteiger partial charge is 0.508 e. The minimum absolute atomic E-state index is 0.0572. The summed E-state index contributed by atoms with van der Waals surface area (Å²) < 4.78 is 6.92. The summed E-state index contributed by atoms with van der Waals surface area (Å²) in [6.45, 7) is 3.88. The molecule has 0 spiro atoms. The van der Waals surface area contributed by atoms with Gasteiger partial charge in [0.25, 0.3) is 5.91 Å². The second kappa shape index (κ2) is 7.10. The molecular weight excluding hydrogens is 458 g/mol. The Morgan fingerprint density at radius 2 is 1.58 bits per heavy atom. The Kier molecular flexibility index (Phi) is 4.48. The predicted molar refractivity (Wildman–Crippen MR) is 123 cm³/mol. The second-order valence-corrected chi connectivity index (χ2v) is 8.67. The van der Waals surface area contributed by atoms with Crippen molar-refractivity contribution in [3.63, 3.8) is 0 Å². The van der Waals surface area contributed by atoms with Crippen molar-refractivity contribution in [2.24, 2.45) is 0 Å². The maximum absolute atomic E-state index is 13.6. The van der Waals surface area contributed by atoms with Gasteiger partial charge in [0.05, 0.1) is 17.0 Å². The molecule has 4 aromatic rings. The average Bonchev–Trinajstić information content (AvgIpc) is 3.04. The van der Waals surface area contributed by atoms with Crippen LogP contribution < -0.4 is 10.3 Å². The molecule has 5 nitrogen and oxygen atoms in total. The summed E-state index contributed by atoms with van der Waals surface area (Å²) in [5.74, 6) is -0.200. The van der Waals surface area contributed by atoms with Crippen molar-refractivity contribution in [1.82, 2.24) is 0 Å². The number of carbonyl (C=O) groups is 1. The van der Waals surface area contributed by atoms with Gasteiger partial charge in [0, 0.05) is 10.2 Å². The fourth-order valence-electron chi connectivity index (χ4n) is 4.07. The smallest absolute Gasteiger partial charge is 0.295 e. The maximum Gasteiger partial charge on any atom is 0.295 e. The molecule has 0 saturated heterocycles. The number of carbonyl (C=O) groups excluding carboxylic acids is 1. The molecule has 0 saturated carbocycles. The van der Waals surface area contributed by atoms with Gasteiger partial charge in [-0.2, -0.15) is 0 Å². The van der Waals surface area contributed by atoms with Crippen LogP contribution in [0.25, 0.3) is 11.0 Å². The number of nitrogens with zero attached hydrogens (tertiary/aromatic N) is 1. The van der Waals surface area contributed by atoms with Crippen LogP contribution in [0.15, 0.2) is 74.3 Å². The van der Waals surface area contributed by atoms with E-state index in [1.54, 1.807) is 35.2 Å². The number of hydrogen-bond donors (Lipinski definition) is 1. The topological polar surface area (TPSA) is 70.8 Å². The van der Waals surface area contributed by atoms with Crippen LogP contribution in [0.2, 0.25) is 0 Å². The summed E-state index contributed by atoms with van der Waals surface area (Å²) in [4.78, 5) is 28.7. The molecular formula is C25H18BrNO4. The first-order valence-corrected chi connectivity index (χ1v) is 10.6. The first-order chi connectivity index (χ1) is 14.8. The summed E-state index contributed by atoms with van der Waals surface area (Å²) in [5, 5.41) is 10.2. The van der Waals surface area contributed by atoms with Crippen molar-refractivity contribution in [2.75, 3.05) is 4.90 Å². The molecule has 1 atom stereocenters. The van der Waals surface area contributed by atoms with Gasteiger partial charge in [0.15, 0.2) is 5.43 Å². The van der Waals surface area contributed by atoms with Crippen molar-refractivity contribution in [1.29, 1.82) is 0 Å². The molecule has 5 rings (SSSR count). The molecule has 1 N–H and O–H groups in total. The number of phenolic OH excluding ortho intramolecular Hbond substituents is 1. The van der Waals surface area contributed by atoms with Crippen molar-refractivity contribution in [3.05, 3.63) is 103 Å². The maximum atomic E-state index is 13.6. The molecule has 1 amide bonds. The zero-order valence-electron chi connectivity index (χ0n) is 16.8. The number of halogens is 1. The molecule has 0 aliphatic carbocycles. The van der Waals surface area contributed by atoms with Gasteiger partial charge in [0.1, 0.15) is 11.3 Å². The third-order valence-corrected chi connectivity index (χ3v) is 6.33. The highest BCUT2D eigenvalue weighted by Crippen LogP contribution is 2.41. The monoisotopic (exact) mass is 475 g/mol. The Labute approximate surface area is 186 Å². The van der Waals surface area contributed by atoms with Gasteiger partial charge in [-0.15, -0.1) is 0 Å². The second-order valence-electron chi connectivity index (χ2n) is 7.75. The number of benzene rings is 3. The molecule has 1 aliphatic rings. The minimum atomic E-state index is -0.661. The molecule has 6 heteroatoms. The van der Waals surface area contributed by atoms with E-state index in [2.05, 4.69) is 15.9 Å². The molecule has 3 aromatic carbocycles. The number of amides is 1. The van der Waals surface area contributed by atoms with Crippen LogP contribution in [-0.2, 0) is 0 Å². The van der Waals surface area contributed by atoms with Crippen molar-refractivity contribution in [2.45, 2.75) is 19.9 Å². The quantitative estimate of drug-likeness (QED) is 0.407. The molecule has 154 valence electrons. The van der Waals surface area contributed by atoms with E-state index in [9.17, 15) is 14.7 Å². The summed E-state index contributed by atoms with van der Waals surface area (Å²) in [6.07, 6.45) is 0. The van der Waals surface area contributed by atoms with E-state index in [0.717, 1.165) is 15.6 Å². The van der Waals surface area contributed by atoms with E-state index in [1.165, 1.54) is 0 Å². The fraction of sp³-hybridized carbons (Fsp3) is 0.120. The Morgan fingerprint density at radius 3 is 2.26 bits per heavy atom. The van der Waals surface area contributed by atoms with E-state index in [0.29, 0.717) is 27.8 Å². The van der Waals surface area contributed by atoms with Gasteiger partial charge in [-0.3, -0.25) is 14.5 Å². The molecule has 1 unspecified atom stereocenters. The lowest BCUT2D eigenvalue weighted by molar-refractivity contribution is 0.0971. The summed E-state index contributed by atoms with van der Waals surface area (Å²) in [7, 11) is 0. The number of rotatable bonds is 2. The number of anilines is 1. The summed E-state index contributed by atoms with van der Waals surface area (Å²) in [6, 6.07) is 16.8. The van der Waals surface area contributed by atoms with Gasteiger partial charge < -0.3 is 9.52 Å². The predicted octanol–water partition coefficient (Wildman–Crippen LogP) is 5.63. The number of hydrogen-bond acceptors (Lipinski definition) is 4. The third-order valence-electron chi connectivity index (χ3n) is 5.80. The molecule has 0 radical (unpaired) electrons. The first-order valence-electron chi connectivity index (χ1n) is 9.81. The Balaban J connectivity index is 1.82. The van der Waals surface area contributed by atoms with E-state index in [1.807, 2.05) is 44.2 Å². The minimum Gasteiger partial charge on any atom is -0.508 e. The number of aryl methyl sites for hydroxylation is 2. The molecule has 2 heterocycles. The average molecular weight is 476 g/mol. The molecule has 0 fully saturated rings. The highest BCUT2D eigenvalue weighted by Gasteiger charge is 2.43. The fourth-order valence-corrected chi connectivity index (χ4v) is 4.33. The highest BCUT2D eigenvalue weighted by atomic mass is 79.9. The number of aromatic hydroxyl groups is 1. The Bertz CT molecular complexity index is 1410. The van der Waals surface area contributed by atoms with Crippen LogP contribution in [0.3, 0.4) is 0 Å². The van der Waals surface area contributed by atoms with Crippen LogP contribution in [0, 0.1) is 13.8 Å². The normalized spacial score (nSPS) is 15.5. The SMILES string of the molecule is Cc1cc2oc3c(c(=O)c2cc1C)C(c1ccc(O)cc1)N(c1ccc(Br)cc1)C3=O. The van der Waals surface area contributed by atoms with Crippen molar-refractivity contribution >= 4 is 38.5 Å². The molecule has 0 bridgehead atoms. The van der Waals surface area contributed by atoms with E-state index in [-0.39, 0.29) is 22.8 Å². The zero-order chi connectivity index (χ0) is 21.9. The third kappa shape index (κ3) is 3.06. The van der Waals surface area contributed by atoms with Gasteiger partial charge in [-0.1, -0.05) is 28.1 Å². The summed E-state index contributed by atoms with van der Waals surface area (Å²) in [5.41, 5.74) is 3.83. The van der Waals surface area contributed by atoms with E-state index in [4.69, 9.17) is 4.42 Å². The summed E-state index contributed by atoms with van der Waals surface area (Å²) >= 11 is 3.42. The number of phenols is 1. The lowest BCUT2D eigenvalue weighted by Crippen LogP contribution is -2.29. The zero-order valence-corrected chi connectivity index (χ0v) is 18.4. The van der Waals surface area contributed by atoms with Crippen LogP contribution in [0.1, 0.15) is 38.9 Å². The van der Waals surface area contributed by atoms with Crippen LogP contribution in [-0.4, -0.2) is 11.0 Å². The Morgan fingerprint density at radius 1 is 0.935 bits per heavy atom. The molecule has 1 aliphatic heterocycles. The van der Waals surface area contributed by atoms with Gasteiger partial charge in [-0.05, 0) is 79.1 Å². The number of fused-ring (bicyclic) bond motifs is 2. The highest BCUT2D eigenvalue weighted by molar-refractivity contribution is 9.10. The van der Waals surface area contributed by atoms with Crippen molar-refractivity contribution < 1.29 is 14.3 Å². The van der Waals surface area contributed by atoms with Crippen LogP contribution in [0.5, 0.6) is 5.75 Å². The van der Waals surface area contributed by atoms with Crippen LogP contribution >= 0.6 is 15.9 Å². The van der Waals surface area contributed by atoms with Gasteiger partial charge in [0.2, 0.25) is 5.76 Å². The van der Waals surface area contributed by atoms with Gasteiger partial charge in [-0.25, -0.2) is 0 Å². The Hall–Kier alpha value is -3.38. The molecule has 1 aromatic heterocycles. The van der Waals surface area contributed by atoms with E-state index >= 15 is 0 Å². The first kappa shape index (κ1) is 19.6. The van der Waals surface area contributed by atoms with Gasteiger partial charge >= 0.3 is 0 Å². The van der Waals surface area contributed by atoms with Crippen LogP contribution in [0.4, 0.5) is 5.69 Å².